The number of fused-ring (bicyclic) bond motifs is 3. The van der Waals surface area contributed by atoms with E-state index in [1.807, 2.05) is 36.4 Å². The molecule has 2 bridgehead atoms. The van der Waals surface area contributed by atoms with E-state index < -0.39 is 5.41 Å². The summed E-state index contributed by atoms with van der Waals surface area (Å²) in [5.41, 5.74) is 1.64. The molecule has 5 rings (SSSR count). The summed E-state index contributed by atoms with van der Waals surface area (Å²) in [6.07, 6.45) is 11.5. The fourth-order valence-corrected chi connectivity index (χ4v) is 8.89. The Bertz CT molecular complexity index is 1010. The lowest BCUT2D eigenvalue weighted by molar-refractivity contribution is -0.196. The highest BCUT2D eigenvalue weighted by Crippen LogP contribution is 2.72. The molecule has 4 fully saturated rings. The maximum Gasteiger partial charge on any atom is 0.331 e. The van der Waals surface area contributed by atoms with Gasteiger partial charge in [0.1, 0.15) is 6.10 Å². The summed E-state index contributed by atoms with van der Waals surface area (Å²) in [6.45, 7) is 9.00. The number of methoxy groups -OCH3 is 1. The molecule has 34 heavy (non-hydrogen) atoms. The first kappa shape index (κ1) is 23.4. The lowest BCUT2D eigenvalue weighted by Crippen LogP contribution is -2.60. The number of hydrogen-bond donors (Lipinski definition) is 0. The molecule has 0 saturated heterocycles. The quantitative estimate of drug-likeness (QED) is 0.297. The molecule has 1 aromatic rings. The Labute approximate surface area is 203 Å². The van der Waals surface area contributed by atoms with Crippen molar-refractivity contribution in [3.8, 4) is 0 Å². The summed E-state index contributed by atoms with van der Waals surface area (Å²) < 4.78 is 11.6. The Morgan fingerprint density at radius 2 is 1.79 bits per heavy atom. The number of carbonyl (C=O) groups excluding carboxylic acids is 2. The Kier molecular flexibility index (Phi) is 5.77. The van der Waals surface area contributed by atoms with E-state index in [0.29, 0.717) is 17.8 Å². The van der Waals surface area contributed by atoms with Gasteiger partial charge >= 0.3 is 11.9 Å². The van der Waals surface area contributed by atoms with Crippen LogP contribution in [0.25, 0.3) is 6.08 Å². The van der Waals surface area contributed by atoms with Crippen molar-refractivity contribution in [3.05, 3.63) is 54.1 Å². The summed E-state index contributed by atoms with van der Waals surface area (Å²) in [4.78, 5) is 25.9. The molecule has 0 aromatic heterocycles. The molecule has 0 aliphatic heterocycles. The first-order valence-corrected chi connectivity index (χ1v) is 13.0. The first-order valence-electron chi connectivity index (χ1n) is 13.0. The second-order valence-corrected chi connectivity index (χ2v) is 11.8. The largest absolute Gasteiger partial charge is 0.469 e. The van der Waals surface area contributed by atoms with Crippen LogP contribution in [0.1, 0.15) is 70.8 Å². The third kappa shape index (κ3) is 3.39. The lowest BCUT2D eigenvalue weighted by Gasteiger charge is -2.64. The summed E-state index contributed by atoms with van der Waals surface area (Å²) in [7, 11) is 1.52. The van der Waals surface area contributed by atoms with E-state index in [9.17, 15) is 9.59 Å². The van der Waals surface area contributed by atoms with E-state index in [-0.39, 0.29) is 28.9 Å². The summed E-state index contributed by atoms with van der Waals surface area (Å²) in [5, 5.41) is 0. The third-order valence-electron chi connectivity index (χ3n) is 10.3. The van der Waals surface area contributed by atoms with Gasteiger partial charge in [0.25, 0.3) is 0 Å². The highest BCUT2D eigenvalue weighted by Gasteiger charge is 2.68. The standard InChI is InChI=1S/C30H38O4/c1-20-22-12-13-24-28(2)16-8-17-29(3,27(32)33-4)23(28)15-18-30(24,19-22)26(20)34-25(31)14-11-21-9-6-5-7-10-21/h5-7,9-11,14,22-24,26H,1,8,12-13,15-19H2,2-4H3/b14-11+/t22-,23+,24+,26+,28-,29-,30-/m1/s1. The molecule has 4 aliphatic rings. The molecule has 1 aromatic carbocycles. The minimum absolute atomic E-state index is 0.0412. The minimum atomic E-state index is -0.430. The van der Waals surface area contributed by atoms with Crippen molar-refractivity contribution in [1.29, 1.82) is 0 Å². The van der Waals surface area contributed by atoms with Gasteiger partial charge in [-0.15, -0.1) is 0 Å². The van der Waals surface area contributed by atoms with E-state index in [0.717, 1.165) is 62.5 Å². The van der Waals surface area contributed by atoms with E-state index in [1.165, 1.54) is 7.11 Å². The van der Waals surface area contributed by atoms with Crippen molar-refractivity contribution in [1.82, 2.24) is 0 Å². The van der Waals surface area contributed by atoms with Crippen molar-refractivity contribution in [2.24, 2.45) is 34.0 Å². The van der Waals surface area contributed by atoms with Crippen LogP contribution >= 0.6 is 0 Å². The molecule has 1 spiro atoms. The fraction of sp³-hybridized carbons (Fsp3) is 0.600. The van der Waals surface area contributed by atoms with Crippen molar-refractivity contribution >= 4 is 18.0 Å². The first-order chi connectivity index (χ1) is 16.2. The molecular weight excluding hydrogens is 424 g/mol. The van der Waals surface area contributed by atoms with Crippen LogP contribution in [-0.4, -0.2) is 25.2 Å². The van der Waals surface area contributed by atoms with Gasteiger partial charge in [0, 0.05) is 11.5 Å². The van der Waals surface area contributed by atoms with Crippen LogP contribution in [0.4, 0.5) is 0 Å². The molecule has 182 valence electrons. The van der Waals surface area contributed by atoms with Crippen LogP contribution in [0.15, 0.2) is 48.6 Å². The zero-order valence-corrected chi connectivity index (χ0v) is 20.8. The van der Waals surface area contributed by atoms with Crippen LogP contribution in [0.5, 0.6) is 0 Å². The second-order valence-electron chi connectivity index (χ2n) is 11.8. The Morgan fingerprint density at radius 1 is 1.03 bits per heavy atom. The van der Waals surface area contributed by atoms with E-state index >= 15 is 0 Å². The zero-order chi connectivity index (χ0) is 24.1. The molecule has 4 aliphatic carbocycles. The van der Waals surface area contributed by atoms with Crippen LogP contribution in [0.3, 0.4) is 0 Å². The number of carbonyl (C=O) groups is 2. The monoisotopic (exact) mass is 462 g/mol. The van der Waals surface area contributed by atoms with Gasteiger partial charge in [0.15, 0.2) is 0 Å². The SMILES string of the molecule is C=C1[C@@H]2CC[C@H]3[C@]4(C)CCC[C@@](C)(C(=O)OC)[C@H]4CC[C@]3(C2)[C@H]1OC(=O)/C=C/c1ccccc1. The number of hydrogen-bond acceptors (Lipinski definition) is 4. The van der Waals surface area contributed by atoms with Crippen molar-refractivity contribution < 1.29 is 19.1 Å². The normalized spacial score (nSPS) is 41.0. The molecular formula is C30H38O4. The maximum absolute atomic E-state index is 13.0. The smallest absolute Gasteiger partial charge is 0.331 e. The number of rotatable bonds is 4. The summed E-state index contributed by atoms with van der Waals surface area (Å²) in [5.74, 6) is 0.817. The fourth-order valence-electron chi connectivity index (χ4n) is 8.89. The van der Waals surface area contributed by atoms with Crippen molar-refractivity contribution in [3.63, 3.8) is 0 Å². The number of esters is 2. The van der Waals surface area contributed by atoms with E-state index in [4.69, 9.17) is 9.47 Å². The highest BCUT2D eigenvalue weighted by atomic mass is 16.5. The Balaban J connectivity index is 1.44. The van der Waals surface area contributed by atoms with Crippen molar-refractivity contribution in [2.75, 3.05) is 7.11 Å². The van der Waals surface area contributed by atoms with Gasteiger partial charge in [-0.2, -0.15) is 0 Å². The van der Waals surface area contributed by atoms with Crippen molar-refractivity contribution in [2.45, 2.75) is 71.3 Å². The average molecular weight is 463 g/mol. The zero-order valence-electron chi connectivity index (χ0n) is 20.8. The minimum Gasteiger partial charge on any atom is -0.469 e. The molecule has 4 nitrogen and oxygen atoms in total. The topological polar surface area (TPSA) is 52.6 Å². The second kappa shape index (κ2) is 8.39. The Hall–Kier alpha value is -2.36. The Morgan fingerprint density at radius 3 is 2.53 bits per heavy atom. The van der Waals surface area contributed by atoms with Crippen LogP contribution in [-0.2, 0) is 19.1 Å². The third-order valence-corrected chi connectivity index (χ3v) is 10.3. The van der Waals surface area contributed by atoms with Gasteiger partial charge in [-0.1, -0.05) is 50.3 Å². The number of ether oxygens (including phenoxy) is 2. The maximum atomic E-state index is 13.0. The highest BCUT2D eigenvalue weighted by molar-refractivity contribution is 5.87. The molecule has 4 saturated carbocycles. The van der Waals surface area contributed by atoms with Crippen LogP contribution in [0, 0.1) is 34.0 Å². The molecule has 0 amide bonds. The van der Waals surface area contributed by atoms with Gasteiger partial charge in [-0.3, -0.25) is 4.79 Å². The predicted octanol–water partition coefficient (Wildman–Crippen LogP) is 6.36. The van der Waals surface area contributed by atoms with E-state index in [1.54, 1.807) is 6.08 Å². The van der Waals surface area contributed by atoms with Gasteiger partial charge in [0.05, 0.1) is 12.5 Å². The number of benzene rings is 1. The molecule has 4 heteroatoms. The molecule has 0 unspecified atom stereocenters. The van der Waals surface area contributed by atoms with Crippen LogP contribution in [0.2, 0.25) is 0 Å². The van der Waals surface area contributed by atoms with Crippen LogP contribution < -0.4 is 0 Å². The van der Waals surface area contributed by atoms with E-state index in [2.05, 4.69) is 20.4 Å². The predicted molar refractivity (Wildman–Crippen MR) is 133 cm³/mol. The van der Waals surface area contributed by atoms with Gasteiger partial charge in [-0.05, 0) is 92.3 Å². The van der Waals surface area contributed by atoms with Gasteiger partial charge in [0.2, 0.25) is 0 Å². The summed E-state index contributed by atoms with van der Waals surface area (Å²) in [6, 6.07) is 9.84. The van der Waals surface area contributed by atoms with Gasteiger partial charge < -0.3 is 9.47 Å². The summed E-state index contributed by atoms with van der Waals surface area (Å²) >= 11 is 0. The molecule has 0 N–H and O–H groups in total. The average Bonchev–Trinajstić information content (AvgIpc) is 3.02. The molecule has 7 atom stereocenters. The lowest BCUT2D eigenvalue weighted by atomic mass is 9.40. The molecule has 0 heterocycles. The molecule has 0 radical (unpaired) electrons. The van der Waals surface area contributed by atoms with Gasteiger partial charge in [-0.25, -0.2) is 4.79 Å².